The van der Waals surface area contributed by atoms with Gasteiger partial charge in [-0.05, 0) is 48.2 Å². The van der Waals surface area contributed by atoms with Gasteiger partial charge in [0.2, 0.25) is 0 Å². The first kappa shape index (κ1) is 16.2. The molecule has 0 spiro atoms. The van der Waals surface area contributed by atoms with Gasteiger partial charge in [0.15, 0.2) is 0 Å². The number of benzene rings is 2. The van der Waals surface area contributed by atoms with Crippen LogP contribution in [-0.4, -0.2) is 27.5 Å². The van der Waals surface area contributed by atoms with E-state index in [9.17, 15) is 4.79 Å². The largest absolute Gasteiger partial charge is 0.288 e. The zero-order valence-electron chi connectivity index (χ0n) is 13.7. The number of piperidine rings is 1. The SMILES string of the molecule is O=c1cnc(-c2ccccc2)c2cc(C3CCN(Cl)CC3)ccc2n1. The quantitative estimate of drug-likeness (QED) is 0.655. The molecule has 1 saturated heterocycles. The summed E-state index contributed by atoms with van der Waals surface area (Å²) in [5.74, 6) is 0.472. The third-order valence-corrected chi connectivity index (χ3v) is 5.11. The van der Waals surface area contributed by atoms with Gasteiger partial charge >= 0.3 is 0 Å². The number of nitrogens with zero attached hydrogens (tertiary/aromatic N) is 3. The van der Waals surface area contributed by atoms with E-state index in [0.29, 0.717) is 11.4 Å². The summed E-state index contributed by atoms with van der Waals surface area (Å²) in [5.41, 5.74) is 3.39. The second-order valence-electron chi connectivity index (χ2n) is 6.38. The van der Waals surface area contributed by atoms with Gasteiger partial charge in [-0.3, -0.25) is 4.79 Å². The Balaban J connectivity index is 1.88. The third kappa shape index (κ3) is 3.41. The number of aromatic nitrogens is 2. The number of fused-ring (bicyclic) bond motifs is 1. The first-order valence-corrected chi connectivity index (χ1v) is 8.82. The van der Waals surface area contributed by atoms with Crippen molar-refractivity contribution < 1.29 is 0 Å². The van der Waals surface area contributed by atoms with Crippen LogP contribution in [-0.2, 0) is 0 Å². The first-order chi connectivity index (χ1) is 12.2. The molecule has 126 valence electrons. The lowest BCUT2D eigenvalue weighted by Crippen LogP contribution is -2.25. The molecule has 1 fully saturated rings. The highest BCUT2D eigenvalue weighted by Crippen LogP contribution is 2.32. The van der Waals surface area contributed by atoms with Crippen LogP contribution in [0.2, 0.25) is 0 Å². The van der Waals surface area contributed by atoms with Gasteiger partial charge in [-0.15, -0.1) is 0 Å². The molecule has 2 aromatic carbocycles. The summed E-state index contributed by atoms with van der Waals surface area (Å²) in [6.07, 6.45) is 3.36. The molecule has 4 nitrogen and oxygen atoms in total. The molecule has 1 aromatic heterocycles. The highest BCUT2D eigenvalue weighted by Gasteiger charge is 2.20. The lowest BCUT2D eigenvalue weighted by atomic mass is 9.89. The summed E-state index contributed by atoms with van der Waals surface area (Å²) in [4.78, 5) is 20.5. The van der Waals surface area contributed by atoms with E-state index in [2.05, 4.69) is 22.1 Å². The lowest BCUT2D eigenvalue weighted by molar-refractivity contribution is 0.336. The monoisotopic (exact) mass is 351 g/mol. The molecule has 5 heteroatoms. The van der Waals surface area contributed by atoms with Gasteiger partial charge in [0.25, 0.3) is 5.56 Å². The highest BCUT2D eigenvalue weighted by atomic mass is 35.5. The predicted molar refractivity (Wildman–Crippen MR) is 101 cm³/mol. The summed E-state index contributed by atoms with van der Waals surface area (Å²) >= 11 is 6.08. The molecule has 2 heterocycles. The zero-order valence-corrected chi connectivity index (χ0v) is 14.5. The summed E-state index contributed by atoms with van der Waals surface area (Å²) in [7, 11) is 0. The molecule has 0 unspecified atom stereocenters. The lowest BCUT2D eigenvalue weighted by Gasteiger charge is -2.27. The van der Waals surface area contributed by atoms with E-state index < -0.39 is 0 Å². The van der Waals surface area contributed by atoms with Crippen LogP contribution in [0.5, 0.6) is 0 Å². The maximum absolute atomic E-state index is 11.9. The minimum Gasteiger partial charge on any atom is -0.266 e. The highest BCUT2D eigenvalue weighted by molar-refractivity contribution is 6.13. The molecule has 0 radical (unpaired) electrons. The first-order valence-electron chi connectivity index (χ1n) is 8.48. The Morgan fingerprint density at radius 1 is 1.04 bits per heavy atom. The molecule has 1 aliphatic rings. The van der Waals surface area contributed by atoms with Gasteiger partial charge in [0.05, 0.1) is 17.4 Å². The minimum absolute atomic E-state index is 0.324. The second kappa shape index (κ2) is 6.90. The van der Waals surface area contributed by atoms with Crippen molar-refractivity contribution in [2.75, 3.05) is 13.1 Å². The fraction of sp³-hybridized carbons (Fsp3) is 0.250. The number of rotatable bonds is 2. The van der Waals surface area contributed by atoms with Crippen LogP contribution < -0.4 is 5.56 Å². The van der Waals surface area contributed by atoms with E-state index in [0.717, 1.165) is 42.6 Å². The van der Waals surface area contributed by atoms with Crippen LogP contribution in [0.1, 0.15) is 24.3 Å². The Bertz CT molecular complexity index is 954. The summed E-state index contributed by atoms with van der Waals surface area (Å²) in [5, 5.41) is 0.916. The van der Waals surface area contributed by atoms with Crippen molar-refractivity contribution in [2.24, 2.45) is 0 Å². The Hall–Kier alpha value is -2.30. The van der Waals surface area contributed by atoms with Gasteiger partial charge in [0.1, 0.15) is 0 Å². The van der Waals surface area contributed by atoms with Crippen molar-refractivity contribution in [3.05, 3.63) is 70.6 Å². The van der Waals surface area contributed by atoms with Crippen LogP contribution in [0.4, 0.5) is 0 Å². The Kier molecular flexibility index (Phi) is 4.47. The molecular weight excluding hydrogens is 334 g/mol. The van der Waals surface area contributed by atoms with E-state index in [1.165, 1.54) is 11.8 Å². The number of hydrogen-bond acceptors (Lipinski definition) is 4. The summed E-state index contributed by atoms with van der Waals surface area (Å²) < 4.78 is 1.85. The average Bonchev–Trinajstić information content (AvgIpc) is 2.81. The van der Waals surface area contributed by atoms with Crippen LogP contribution >= 0.6 is 11.8 Å². The van der Waals surface area contributed by atoms with E-state index in [1.54, 1.807) is 0 Å². The average molecular weight is 352 g/mol. The Morgan fingerprint density at radius 2 is 1.80 bits per heavy atom. The number of halogens is 1. The molecule has 1 aliphatic heterocycles. The van der Waals surface area contributed by atoms with Gasteiger partial charge in [-0.1, -0.05) is 36.4 Å². The van der Waals surface area contributed by atoms with Gasteiger partial charge in [0, 0.05) is 24.0 Å². The van der Waals surface area contributed by atoms with E-state index in [-0.39, 0.29) is 5.56 Å². The Morgan fingerprint density at radius 3 is 2.56 bits per heavy atom. The van der Waals surface area contributed by atoms with Crippen molar-refractivity contribution in [2.45, 2.75) is 18.8 Å². The van der Waals surface area contributed by atoms with Crippen molar-refractivity contribution >= 4 is 22.7 Å². The van der Waals surface area contributed by atoms with Crippen LogP contribution in [0.25, 0.3) is 22.2 Å². The maximum Gasteiger partial charge on any atom is 0.288 e. The molecule has 0 aliphatic carbocycles. The molecule has 0 N–H and O–H groups in total. The van der Waals surface area contributed by atoms with E-state index >= 15 is 0 Å². The van der Waals surface area contributed by atoms with Crippen LogP contribution in [0, 0.1) is 0 Å². The van der Waals surface area contributed by atoms with Crippen molar-refractivity contribution in [1.29, 1.82) is 0 Å². The molecule has 3 aromatic rings. The number of hydrogen-bond donors (Lipinski definition) is 0. The molecule has 4 rings (SSSR count). The predicted octanol–water partition coefficient (Wildman–Crippen LogP) is 3.99. The standard InChI is InChI=1S/C20H18ClN3O/c21-24-10-8-14(9-11-24)16-6-7-18-17(12-16)20(22-13-19(25)23-18)15-4-2-1-3-5-15/h1-7,12-14H,8-11H2. The molecule has 0 bridgehead atoms. The molecule has 25 heavy (non-hydrogen) atoms. The summed E-state index contributed by atoms with van der Waals surface area (Å²) in [6, 6.07) is 16.1. The van der Waals surface area contributed by atoms with Gasteiger partial charge in [-0.25, -0.2) is 14.4 Å². The third-order valence-electron chi connectivity index (χ3n) is 4.77. The van der Waals surface area contributed by atoms with Gasteiger partial charge in [-0.2, -0.15) is 0 Å². The van der Waals surface area contributed by atoms with E-state index in [4.69, 9.17) is 11.8 Å². The topological polar surface area (TPSA) is 46.1 Å². The minimum atomic E-state index is -0.324. The molecule has 0 saturated carbocycles. The normalized spacial score (nSPS) is 16.2. The van der Waals surface area contributed by atoms with Crippen molar-refractivity contribution in [3.63, 3.8) is 0 Å². The van der Waals surface area contributed by atoms with Crippen molar-refractivity contribution in [1.82, 2.24) is 14.4 Å². The molecular formula is C20H18ClN3O. The van der Waals surface area contributed by atoms with Gasteiger partial charge < -0.3 is 0 Å². The van der Waals surface area contributed by atoms with Crippen LogP contribution in [0.3, 0.4) is 0 Å². The van der Waals surface area contributed by atoms with Crippen LogP contribution in [0.15, 0.2) is 59.5 Å². The van der Waals surface area contributed by atoms with Crippen molar-refractivity contribution in [3.8, 4) is 11.3 Å². The fourth-order valence-corrected chi connectivity index (χ4v) is 3.63. The summed E-state index contributed by atoms with van der Waals surface area (Å²) in [6.45, 7) is 1.78. The molecule has 0 amide bonds. The maximum atomic E-state index is 11.9. The fourth-order valence-electron chi connectivity index (χ4n) is 3.44. The Labute approximate surface area is 151 Å². The molecule has 0 atom stereocenters. The second-order valence-corrected chi connectivity index (χ2v) is 6.86. The van der Waals surface area contributed by atoms with E-state index in [1.807, 2.05) is 40.8 Å². The smallest absolute Gasteiger partial charge is 0.266 e. The zero-order chi connectivity index (χ0) is 17.2.